The molecule has 0 heterocycles. The van der Waals surface area contributed by atoms with Crippen LogP contribution < -0.4 is 9.62 Å². The van der Waals surface area contributed by atoms with Gasteiger partial charge in [-0.25, -0.2) is 12.8 Å². The predicted octanol–water partition coefficient (Wildman–Crippen LogP) is 6.19. The number of carbonyl (C=O) groups excluding carboxylic acids is 2. The first-order valence-electron chi connectivity index (χ1n) is 13.4. The largest absolute Gasteiger partial charge is 0.352 e. The predicted molar refractivity (Wildman–Crippen MR) is 159 cm³/mol. The Bertz CT molecular complexity index is 1480. The number of rotatable bonds is 10. The minimum Gasteiger partial charge on any atom is -0.352 e. The molecule has 4 rings (SSSR count). The fourth-order valence-corrected chi connectivity index (χ4v) is 6.77. The summed E-state index contributed by atoms with van der Waals surface area (Å²) in [7, 11) is -4.30. The van der Waals surface area contributed by atoms with Crippen LogP contribution in [-0.2, 0) is 26.2 Å². The van der Waals surface area contributed by atoms with Crippen molar-refractivity contribution in [2.75, 3.05) is 10.8 Å². The minimum absolute atomic E-state index is 0.00141. The second kappa shape index (κ2) is 13.7. The van der Waals surface area contributed by atoms with Crippen molar-refractivity contribution in [1.29, 1.82) is 0 Å². The molecule has 1 saturated carbocycles. The lowest BCUT2D eigenvalue weighted by molar-refractivity contribution is -0.139. The molecule has 41 heavy (non-hydrogen) atoms. The maximum Gasteiger partial charge on any atom is 0.264 e. The number of amides is 2. The zero-order valence-electron chi connectivity index (χ0n) is 22.6. The first-order chi connectivity index (χ1) is 19.6. The molecular weight excluding hydrogens is 588 g/mol. The molecule has 218 valence electrons. The summed E-state index contributed by atoms with van der Waals surface area (Å²) in [5.41, 5.74) is 0.193. The first-order valence-corrected chi connectivity index (χ1v) is 15.6. The van der Waals surface area contributed by atoms with Crippen molar-refractivity contribution in [2.45, 2.75) is 62.6 Å². The fourth-order valence-electron chi connectivity index (χ4n) is 4.88. The molecule has 0 aromatic heterocycles. The number of sulfonamides is 1. The zero-order chi connectivity index (χ0) is 29.6. The van der Waals surface area contributed by atoms with Crippen LogP contribution in [0.2, 0.25) is 10.0 Å². The second-order valence-electron chi connectivity index (χ2n) is 10.0. The smallest absolute Gasteiger partial charge is 0.264 e. The molecule has 0 saturated heterocycles. The number of halogens is 3. The van der Waals surface area contributed by atoms with E-state index in [-0.39, 0.29) is 44.7 Å². The molecule has 1 N–H and O–H groups in total. The van der Waals surface area contributed by atoms with E-state index < -0.39 is 34.3 Å². The van der Waals surface area contributed by atoms with Crippen molar-refractivity contribution in [3.8, 4) is 0 Å². The molecule has 11 heteroatoms. The summed E-state index contributed by atoms with van der Waals surface area (Å²) in [6, 6.07) is 17.0. The summed E-state index contributed by atoms with van der Waals surface area (Å²) in [6.07, 6.45) is 4.80. The van der Waals surface area contributed by atoms with E-state index in [4.69, 9.17) is 23.2 Å². The molecule has 1 fully saturated rings. The highest BCUT2D eigenvalue weighted by Crippen LogP contribution is 2.35. The Morgan fingerprint density at radius 3 is 2.29 bits per heavy atom. The molecular formula is C30H32Cl2FN3O4S. The van der Waals surface area contributed by atoms with Gasteiger partial charge in [-0.3, -0.25) is 13.9 Å². The van der Waals surface area contributed by atoms with Crippen molar-refractivity contribution >= 4 is 50.7 Å². The maximum absolute atomic E-state index is 14.7. The normalized spacial score (nSPS) is 14.7. The van der Waals surface area contributed by atoms with Gasteiger partial charge in [0.1, 0.15) is 18.4 Å². The van der Waals surface area contributed by atoms with Crippen molar-refractivity contribution in [1.82, 2.24) is 10.2 Å². The van der Waals surface area contributed by atoms with E-state index in [9.17, 15) is 22.4 Å². The summed E-state index contributed by atoms with van der Waals surface area (Å²) in [5, 5.41) is 3.07. The molecule has 1 aliphatic rings. The van der Waals surface area contributed by atoms with Crippen LogP contribution in [0.25, 0.3) is 0 Å². The summed E-state index contributed by atoms with van der Waals surface area (Å²) in [4.78, 5) is 28.5. The number of nitrogens with zero attached hydrogens (tertiary/aromatic N) is 2. The number of anilines is 1. The van der Waals surface area contributed by atoms with Gasteiger partial charge in [-0.05, 0) is 50.1 Å². The molecule has 0 bridgehead atoms. The molecule has 0 aliphatic heterocycles. The fraction of sp³-hybridized carbons (Fsp3) is 0.333. The average molecular weight is 621 g/mol. The molecule has 3 aromatic carbocycles. The summed E-state index contributed by atoms with van der Waals surface area (Å²) in [6.45, 7) is 0.610. The lowest BCUT2D eigenvalue weighted by Gasteiger charge is -2.33. The van der Waals surface area contributed by atoms with Gasteiger partial charge in [0, 0.05) is 18.2 Å². The van der Waals surface area contributed by atoms with Gasteiger partial charge >= 0.3 is 0 Å². The topological polar surface area (TPSA) is 86.8 Å². The van der Waals surface area contributed by atoms with E-state index in [0.29, 0.717) is 0 Å². The van der Waals surface area contributed by atoms with Crippen LogP contribution in [0.1, 0.15) is 44.6 Å². The van der Waals surface area contributed by atoms with E-state index in [0.717, 1.165) is 36.4 Å². The van der Waals surface area contributed by atoms with Crippen LogP contribution in [0.4, 0.5) is 10.1 Å². The Balaban J connectivity index is 1.71. The second-order valence-corrected chi connectivity index (χ2v) is 12.7. The highest BCUT2D eigenvalue weighted by Gasteiger charge is 2.34. The van der Waals surface area contributed by atoms with E-state index in [1.807, 2.05) is 0 Å². The minimum atomic E-state index is -4.30. The summed E-state index contributed by atoms with van der Waals surface area (Å²) >= 11 is 12.7. The van der Waals surface area contributed by atoms with Crippen LogP contribution in [0, 0.1) is 5.82 Å². The van der Waals surface area contributed by atoms with E-state index in [2.05, 4.69) is 5.32 Å². The standard InChI is InChI=1S/C30H32Cl2FN3O4S/c1-21(30(38)34-23-12-4-2-5-13-23)35(19-22-11-8-9-17-26(22)33)28(37)20-36(27-18-10-16-25(31)29(27)32)41(39,40)24-14-6-3-7-15-24/h3,6-11,14-18,21,23H,2,4-5,12-13,19-20H2,1H3,(H,34,38). The number of carbonyl (C=O) groups is 2. The highest BCUT2D eigenvalue weighted by molar-refractivity contribution is 7.92. The molecule has 0 spiro atoms. The van der Waals surface area contributed by atoms with Crippen LogP contribution in [-0.4, -0.2) is 43.8 Å². The van der Waals surface area contributed by atoms with Crippen molar-refractivity contribution in [3.63, 3.8) is 0 Å². The Morgan fingerprint density at radius 2 is 1.61 bits per heavy atom. The van der Waals surface area contributed by atoms with Crippen molar-refractivity contribution < 1.29 is 22.4 Å². The van der Waals surface area contributed by atoms with Gasteiger partial charge in [0.2, 0.25) is 11.8 Å². The van der Waals surface area contributed by atoms with Gasteiger partial charge in [-0.15, -0.1) is 0 Å². The van der Waals surface area contributed by atoms with Crippen LogP contribution >= 0.6 is 23.2 Å². The summed E-state index contributed by atoms with van der Waals surface area (Å²) in [5.74, 6) is -1.65. The third-order valence-electron chi connectivity index (χ3n) is 7.23. The average Bonchev–Trinajstić information content (AvgIpc) is 2.97. The van der Waals surface area contributed by atoms with Gasteiger partial charge in [0.25, 0.3) is 10.0 Å². The molecule has 1 atom stereocenters. The number of benzene rings is 3. The number of hydrogen-bond acceptors (Lipinski definition) is 4. The lowest BCUT2D eigenvalue weighted by Crippen LogP contribution is -2.53. The molecule has 1 unspecified atom stereocenters. The van der Waals surface area contributed by atoms with Crippen molar-refractivity contribution in [3.05, 3.63) is 94.2 Å². The molecule has 1 aliphatic carbocycles. The SMILES string of the molecule is CC(C(=O)NC1CCCCC1)N(Cc1ccccc1F)C(=O)CN(c1cccc(Cl)c1Cl)S(=O)(=O)c1ccccc1. The van der Waals surface area contributed by atoms with E-state index in [1.54, 1.807) is 31.2 Å². The Hall–Kier alpha value is -3.14. The number of hydrogen-bond donors (Lipinski definition) is 1. The molecule has 3 aromatic rings. The molecule has 0 radical (unpaired) electrons. The Morgan fingerprint density at radius 1 is 0.951 bits per heavy atom. The third kappa shape index (κ3) is 7.39. The van der Waals surface area contributed by atoms with Crippen LogP contribution in [0.15, 0.2) is 77.7 Å². The van der Waals surface area contributed by atoms with Gasteiger partial charge < -0.3 is 10.2 Å². The molecule has 2 amide bonds. The maximum atomic E-state index is 14.7. The monoisotopic (exact) mass is 619 g/mol. The highest BCUT2D eigenvalue weighted by atomic mass is 35.5. The van der Waals surface area contributed by atoms with Crippen LogP contribution in [0.5, 0.6) is 0 Å². The number of nitrogens with one attached hydrogen (secondary N) is 1. The molecule has 7 nitrogen and oxygen atoms in total. The Labute approximate surface area is 250 Å². The van der Waals surface area contributed by atoms with Crippen molar-refractivity contribution in [2.24, 2.45) is 0 Å². The van der Waals surface area contributed by atoms with Gasteiger partial charge in [0.15, 0.2) is 0 Å². The van der Waals surface area contributed by atoms with E-state index >= 15 is 0 Å². The van der Waals surface area contributed by atoms with Gasteiger partial charge in [-0.1, -0.05) is 84.9 Å². The van der Waals surface area contributed by atoms with E-state index in [1.165, 1.54) is 53.4 Å². The summed E-state index contributed by atoms with van der Waals surface area (Å²) < 4.78 is 43.3. The Kier molecular flexibility index (Phi) is 10.3. The zero-order valence-corrected chi connectivity index (χ0v) is 24.9. The van der Waals surface area contributed by atoms with Gasteiger partial charge in [-0.2, -0.15) is 0 Å². The lowest BCUT2D eigenvalue weighted by atomic mass is 9.95. The first kappa shape index (κ1) is 30.8. The van der Waals surface area contributed by atoms with Gasteiger partial charge in [0.05, 0.1) is 20.6 Å². The van der Waals surface area contributed by atoms with Crippen LogP contribution in [0.3, 0.4) is 0 Å². The quantitative estimate of drug-likeness (QED) is 0.293. The third-order valence-corrected chi connectivity index (χ3v) is 9.81.